The van der Waals surface area contributed by atoms with Crippen molar-refractivity contribution in [2.24, 2.45) is 5.73 Å². The van der Waals surface area contributed by atoms with Gasteiger partial charge in [0.05, 0.1) is 6.61 Å². The molecule has 0 aliphatic heterocycles. The summed E-state index contributed by atoms with van der Waals surface area (Å²) >= 11 is 4.62. The number of thiocarbonyl (C=S) groups is 1. The molecule has 0 spiro atoms. The maximum absolute atomic E-state index is 5.22. The third kappa shape index (κ3) is 13.7. The minimum atomic E-state index is 0.177. The lowest BCUT2D eigenvalue weighted by Gasteiger charge is -2.03. The first-order valence-electron chi connectivity index (χ1n) is 6.69. The van der Waals surface area contributed by atoms with Crippen LogP contribution < -0.4 is 5.73 Å². The molecular formula is C13H27NOS. The zero-order valence-electron chi connectivity index (χ0n) is 10.7. The predicted octanol–water partition coefficient (Wildman–Crippen LogP) is 4.17. The van der Waals surface area contributed by atoms with Gasteiger partial charge in [-0.25, -0.2) is 0 Å². The summed E-state index contributed by atoms with van der Waals surface area (Å²) in [7, 11) is 0. The van der Waals surface area contributed by atoms with Crippen molar-refractivity contribution >= 4 is 17.4 Å². The van der Waals surface area contributed by atoms with E-state index in [4.69, 9.17) is 10.5 Å². The maximum Gasteiger partial charge on any atom is 0.253 e. The van der Waals surface area contributed by atoms with E-state index in [9.17, 15) is 0 Å². The van der Waals surface area contributed by atoms with E-state index < -0.39 is 0 Å². The molecule has 0 radical (unpaired) electrons. The molecule has 0 saturated heterocycles. The van der Waals surface area contributed by atoms with E-state index >= 15 is 0 Å². The molecule has 0 atom stereocenters. The first-order chi connectivity index (χ1) is 7.77. The van der Waals surface area contributed by atoms with E-state index in [-0.39, 0.29) is 5.17 Å². The molecule has 16 heavy (non-hydrogen) atoms. The minimum absolute atomic E-state index is 0.177. The Labute approximate surface area is 106 Å². The van der Waals surface area contributed by atoms with Crippen LogP contribution in [-0.4, -0.2) is 11.8 Å². The number of hydrogen-bond acceptors (Lipinski definition) is 2. The van der Waals surface area contributed by atoms with E-state index in [2.05, 4.69) is 19.1 Å². The van der Waals surface area contributed by atoms with E-state index in [1.54, 1.807) is 0 Å². The van der Waals surface area contributed by atoms with Crippen molar-refractivity contribution in [3.63, 3.8) is 0 Å². The molecule has 0 saturated carbocycles. The smallest absolute Gasteiger partial charge is 0.253 e. The number of hydrogen-bond donors (Lipinski definition) is 1. The van der Waals surface area contributed by atoms with E-state index in [1.807, 2.05) is 0 Å². The summed E-state index contributed by atoms with van der Waals surface area (Å²) in [6.45, 7) is 2.95. The van der Waals surface area contributed by atoms with Crippen molar-refractivity contribution in [1.29, 1.82) is 0 Å². The second kappa shape index (κ2) is 12.8. The second-order valence-electron chi connectivity index (χ2n) is 4.35. The monoisotopic (exact) mass is 245 g/mol. The van der Waals surface area contributed by atoms with Crippen molar-refractivity contribution < 1.29 is 4.74 Å². The van der Waals surface area contributed by atoms with Crippen molar-refractivity contribution in [2.45, 2.75) is 71.1 Å². The highest BCUT2D eigenvalue weighted by Gasteiger charge is 1.93. The van der Waals surface area contributed by atoms with E-state index in [1.165, 1.54) is 57.8 Å². The third-order valence-electron chi connectivity index (χ3n) is 2.74. The number of ether oxygens (including phenoxy) is 1. The van der Waals surface area contributed by atoms with Crippen molar-refractivity contribution in [3.05, 3.63) is 0 Å². The molecule has 3 heteroatoms. The highest BCUT2D eigenvalue weighted by Crippen LogP contribution is 2.10. The first-order valence-corrected chi connectivity index (χ1v) is 7.10. The average Bonchev–Trinajstić information content (AvgIpc) is 2.25. The number of unbranched alkanes of at least 4 members (excludes halogenated alkanes) is 9. The maximum atomic E-state index is 5.22. The number of nitrogens with two attached hydrogens (primary N) is 1. The van der Waals surface area contributed by atoms with Crippen LogP contribution in [0.2, 0.25) is 0 Å². The normalized spacial score (nSPS) is 10.3. The van der Waals surface area contributed by atoms with Gasteiger partial charge in [0.25, 0.3) is 5.17 Å². The molecule has 0 aromatic heterocycles. The topological polar surface area (TPSA) is 35.2 Å². The average molecular weight is 245 g/mol. The molecule has 0 aromatic carbocycles. The lowest BCUT2D eigenvalue weighted by Crippen LogP contribution is -2.13. The first kappa shape index (κ1) is 15.7. The van der Waals surface area contributed by atoms with Crippen molar-refractivity contribution in [1.82, 2.24) is 0 Å². The van der Waals surface area contributed by atoms with Crippen LogP contribution in [0.4, 0.5) is 0 Å². The van der Waals surface area contributed by atoms with Crippen LogP contribution in [0.25, 0.3) is 0 Å². The van der Waals surface area contributed by atoms with Gasteiger partial charge in [-0.3, -0.25) is 0 Å². The van der Waals surface area contributed by atoms with Crippen LogP contribution in [0, 0.1) is 0 Å². The van der Waals surface area contributed by atoms with Gasteiger partial charge in [-0.15, -0.1) is 0 Å². The Kier molecular flexibility index (Phi) is 12.5. The summed E-state index contributed by atoms with van der Waals surface area (Å²) in [5.41, 5.74) is 5.22. The second-order valence-corrected chi connectivity index (χ2v) is 4.75. The quantitative estimate of drug-likeness (QED) is 0.438. The van der Waals surface area contributed by atoms with Gasteiger partial charge < -0.3 is 10.5 Å². The summed E-state index contributed by atoms with van der Waals surface area (Å²) in [4.78, 5) is 0. The van der Waals surface area contributed by atoms with Gasteiger partial charge >= 0.3 is 0 Å². The summed E-state index contributed by atoms with van der Waals surface area (Å²) in [5, 5.41) is 0.177. The van der Waals surface area contributed by atoms with Gasteiger partial charge in [0.15, 0.2) is 0 Å². The molecule has 0 aromatic rings. The molecule has 0 unspecified atom stereocenters. The summed E-state index contributed by atoms with van der Waals surface area (Å²) < 4.78 is 5.02. The molecule has 0 amide bonds. The molecule has 0 aliphatic rings. The lowest BCUT2D eigenvalue weighted by atomic mass is 10.1. The van der Waals surface area contributed by atoms with Gasteiger partial charge in [-0.05, 0) is 18.6 Å². The third-order valence-corrected chi connectivity index (χ3v) is 2.86. The van der Waals surface area contributed by atoms with Gasteiger partial charge in [-0.1, -0.05) is 64.7 Å². The molecule has 2 nitrogen and oxygen atoms in total. The van der Waals surface area contributed by atoms with Crippen LogP contribution >= 0.6 is 12.2 Å². The van der Waals surface area contributed by atoms with Crippen LogP contribution in [0.5, 0.6) is 0 Å². The van der Waals surface area contributed by atoms with Crippen LogP contribution in [0.15, 0.2) is 0 Å². The Bertz CT molecular complexity index is 162. The van der Waals surface area contributed by atoms with Gasteiger partial charge in [0, 0.05) is 0 Å². The minimum Gasteiger partial charge on any atom is -0.471 e. The largest absolute Gasteiger partial charge is 0.471 e. The van der Waals surface area contributed by atoms with Gasteiger partial charge in [-0.2, -0.15) is 0 Å². The highest BCUT2D eigenvalue weighted by molar-refractivity contribution is 7.80. The Balaban J connectivity index is 2.90. The molecular weight excluding hydrogens is 218 g/mol. The van der Waals surface area contributed by atoms with E-state index in [0.717, 1.165) is 6.42 Å². The Hall–Kier alpha value is -0.310. The molecule has 96 valence electrons. The zero-order chi connectivity index (χ0) is 12.1. The summed E-state index contributed by atoms with van der Waals surface area (Å²) in [5.74, 6) is 0. The molecule has 0 rings (SSSR count). The molecule has 2 N–H and O–H groups in total. The van der Waals surface area contributed by atoms with Crippen molar-refractivity contribution in [2.75, 3.05) is 6.61 Å². The standard InChI is InChI=1S/C13H27NOS/c1-2-3-4-5-6-7-8-9-10-11-12-15-13(14)16/h2-12H2,1H3,(H2,14,16). The fourth-order valence-corrected chi connectivity index (χ4v) is 1.85. The van der Waals surface area contributed by atoms with Crippen LogP contribution in [0.3, 0.4) is 0 Å². The Morgan fingerprint density at radius 3 is 1.75 bits per heavy atom. The zero-order valence-corrected chi connectivity index (χ0v) is 11.5. The van der Waals surface area contributed by atoms with Crippen molar-refractivity contribution in [3.8, 4) is 0 Å². The molecule has 0 heterocycles. The molecule has 0 aliphatic carbocycles. The van der Waals surface area contributed by atoms with Crippen LogP contribution in [-0.2, 0) is 4.74 Å². The fraction of sp³-hybridized carbons (Fsp3) is 0.923. The summed E-state index contributed by atoms with van der Waals surface area (Å²) in [6, 6.07) is 0. The van der Waals surface area contributed by atoms with Gasteiger partial charge in [0.2, 0.25) is 0 Å². The Morgan fingerprint density at radius 1 is 0.875 bits per heavy atom. The number of rotatable bonds is 11. The highest BCUT2D eigenvalue weighted by atomic mass is 32.1. The summed E-state index contributed by atoms with van der Waals surface area (Å²) in [6.07, 6.45) is 13.3. The van der Waals surface area contributed by atoms with Gasteiger partial charge in [0.1, 0.15) is 0 Å². The predicted molar refractivity (Wildman–Crippen MR) is 74.6 cm³/mol. The Morgan fingerprint density at radius 2 is 1.31 bits per heavy atom. The molecule has 0 fully saturated rings. The fourth-order valence-electron chi connectivity index (χ4n) is 1.76. The molecule has 0 bridgehead atoms. The SMILES string of the molecule is CCCCCCCCCCCCOC(N)=S. The lowest BCUT2D eigenvalue weighted by molar-refractivity contribution is 0.295. The van der Waals surface area contributed by atoms with Crippen LogP contribution in [0.1, 0.15) is 71.1 Å². The van der Waals surface area contributed by atoms with E-state index in [0.29, 0.717) is 6.61 Å².